The van der Waals surface area contributed by atoms with Crippen molar-refractivity contribution in [2.45, 2.75) is 58.5 Å². The Morgan fingerprint density at radius 2 is 2.25 bits per heavy atom. The molecule has 0 saturated carbocycles. The number of piperazine rings is 1. The number of thiazole rings is 1. The second-order valence-electron chi connectivity index (χ2n) is 6.52. The maximum Gasteiger partial charge on any atom is 0.0965 e. The van der Waals surface area contributed by atoms with Crippen LogP contribution in [-0.2, 0) is 0 Å². The van der Waals surface area contributed by atoms with Crippen molar-refractivity contribution < 1.29 is 0 Å². The highest BCUT2D eigenvalue weighted by atomic mass is 32.1. The van der Waals surface area contributed by atoms with E-state index in [1.807, 2.05) is 6.20 Å². The van der Waals surface area contributed by atoms with Gasteiger partial charge in [0.05, 0.1) is 5.01 Å². The van der Waals surface area contributed by atoms with E-state index in [9.17, 15) is 0 Å². The SMILES string of the molecule is CCC1CNC(CC(C)C)CN1CC(C)c1nccs1. The third-order valence-electron chi connectivity index (χ3n) is 4.22. The molecular weight excluding hydrogens is 266 g/mol. The Morgan fingerprint density at radius 1 is 1.45 bits per heavy atom. The molecule has 1 N–H and O–H groups in total. The van der Waals surface area contributed by atoms with Gasteiger partial charge < -0.3 is 5.32 Å². The van der Waals surface area contributed by atoms with Crippen LogP contribution in [0.25, 0.3) is 0 Å². The number of hydrogen-bond acceptors (Lipinski definition) is 4. The lowest BCUT2D eigenvalue weighted by Crippen LogP contribution is -2.57. The minimum atomic E-state index is 0.543. The summed E-state index contributed by atoms with van der Waals surface area (Å²) in [6.45, 7) is 12.7. The van der Waals surface area contributed by atoms with Gasteiger partial charge in [-0.1, -0.05) is 27.7 Å². The predicted octanol–water partition coefficient (Wildman–Crippen LogP) is 3.35. The summed E-state index contributed by atoms with van der Waals surface area (Å²) in [5.74, 6) is 1.31. The monoisotopic (exact) mass is 295 g/mol. The van der Waals surface area contributed by atoms with Gasteiger partial charge in [-0.25, -0.2) is 4.98 Å². The van der Waals surface area contributed by atoms with Gasteiger partial charge in [0, 0.05) is 49.2 Å². The average Bonchev–Trinajstić information content (AvgIpc) is 2.92. The maximum absolute atomic E-state index is 4.48. The van der Waals surface area contributed by atoms with Crippen LogP contribution in [0.5, 0.6) is 0 Å². The standard InChI is InChI=1S/C16H29N3S/c1-5-15-9-18-14(8-12(2)3)11-19(15)10-13(4)16-17-6-7-20-16/h6-7,12-15,18H,5,8-11H2,1-4H3. The van der Waals surface area contributed by atoms with E-state index in [1.165, 1.54) is 24.4 Å². The molecule has 2 heterocycles. The fourth-order valence-electron chi connectivity index (χ4n) is 3.19. The normalized spacial score (nSPS) is 26.1. The summed E-state index contributed by atoms with van der Waals surface area (Å²) in [5, 5.41) is 7.10. The molecule has 0 aliphatic carbocycles. The molecule has 1 aromatic rings. The highest BCUT2D eigenvalue weighted by Crippen LogP contribution is 2.22. The second kappa shape index (κ2) is 7.53. The van der Waals surface area contributed by atoms with Crippen LogP contribution in [0.4, 0.5) is 0 Å². The van der Waals surface area contributed by atoms with Gasteiger partial charge in [0.25, 0.3) is 0 Å². The number of hydrogen-bond donors (Lipinski definition) is 1. The van der Waals surface area contributed by atoms with Crippen LogP contribution < -0.4 is 5.32 Å². The molecule has 0 amide bonds. The van der Waals surface area contributed by atoms with Gasteiger partial charge in [-0.05, 0) is 18.8 Å². The molecule has 0 bridgehead atoms. The zero-order chi connectivity index (χ0) is 14.5. The Bertz CT molecular complexity index is 377. The Hall–Kier alpha value is -0.450. The molecular formula is C16H29N3S. The van der Waals surface area contributed by atoms with E-state index in [4.69, 9.17) is 0 Å². The molecule has 1 aliphatic rings. The molecule has 0 spiro atoms. The first-order chi connectivity index (χ1) is 9.60. The first-order valence-corrected chi connectivity index (χ1v) is 8.84. The lowest BCUT2D eigenvalue weighted by molar-refractivity contribution is 0.113. The van der Waals surface area contributed by atoms with Gasteiger partial charge >= 0.3 is 0 Å². The van der Waals surface area contributed by atoms with Gasteiger partial charge in [-0.15, -0.1) is 11.3 Å². The summed E-state index contributed by atoms with van der Waals surface area (Å²) in [6, 6.07) is 1.34. The van der Waals surface area contributed by atoms with Crippen molar-refractivity contribution in [3.8, 4) is 0 Å². The molecule has 3 unspecified atom stereocenters. The van der Waals surface area contributed by atoms with Gasteiger partial charge in [0.1, 0.15) is 0 Å². The smallest absolute Gasteiger partial charge is 0.0965 e. The van der Waals surface area contributed by atoms with Crippen LogP contribution in [-0.4, -0.2) is 41.6 Å². The summed E-state index contributed by atoms with van der Waals surface area (Å²) in [5.41, 5.74) is 0. The highest BCUT2D eigenvalue weighted by Gasteiger charge is 2.28. The predicted molar refractivity (Wildman–Crippen MR) is 87.4 cm³/mol. The molecule has 0 aromatic carbocycles. The summed E-state index contributed by atoms with van der Waals surface area (Å²) in [6.07, 6.45) is 4.43. The zero-order valence-corrected chi connectivity index (χ0v) is 14.1. The van der Waals surface area contributed by atoms with Crippen LogP contribution in [0.2, 0.25) is 0 Å². The van der Waals surface area contributed by atoms with E-state index in [0.717, 1.165) is 19.0 Å². The summed E-state index contributed by atoms with van der Waals surface area (Å²) >= 11 is 1.79. The quantitative estimate of drug-likeness (QED) is 0.872. The molecule has 1 saturated heterocycles. The van der Waals surface area contributed by atoms with Gasteiger partial charge in [-0.2, -0.15) is 0 Å². The van der Waals surface area contributed by atoms with Crippen molar-refractivity contribution >= 4 is 11.3 Å². The Labute approximate surface area is 127 Å². The van der Waals surface area contributed by atoms with Gasteiger partial charge in [0.2, 0.25) is 0 Å². The van der Waals surface area contributed by atoms with Crippen molar-refractivity contribution in [1.82, 2.24) is 15.2 Å². The topological polar surface area (TPSA) is 28.2 Å². The molecule has 114 valence electrons. The molecule has 4 heteroatoms. The molecule has 0 radical (unpaired) electrons. The average molecular weight is 295 g/mol. The minimum Gasteiger partial charge on any atom is -0.311 e. The zero-order valence-electron chi connectivity index (χ0n) is 13.3. The first-order valence-electron chi connectivity index (χ1n) is 7.97. The van der Waals surface area contributed by atoms with E-state index in [-0.39, 0.29) is 0 Å². The maximum atomic E-state index is 4.48. The number of rotatable bonds is 6. The lowest BCUT2D eigenvalue weighted by Gasteiger charge is -2.41. The van der Waals surface area contributed by atoms with Crippen molar-refractivity contribution in [2.24, 2.45) is 5.92 Å². The number of nitrogens with zero attached hydrogens (tertiary/aromatic N) is 2. The van der Waals surface area contributed by atoms with E-state index < -0.39 is 0 Å². The summed E-state index contributed by atoms with van der Waals surface area (Å²) in [4.78, 5) is 7.17. The number of aromatic nitrogens is 1. The van der Waals surface area contributed by atoms with E-state index in [2.05, 4.69) is 48.3 Å². The summed E-state index contributed by atoms with van der Waals surface area (Å²) < 4.78 is 0. The fourth-order valence-corrected chi connectivity index (χ4v) is 3.88. The van der Waals surface area contributed by atoms with E-state index >= 15 is 0 Å². The minimum absolute atomic E-state index is 0.543. The molecule has 2 rings (SSSR count). The molecule has 3 atom stereocenters. The first kappa shape index (κ1) is 15.9. The Morgan fingerprint density at radius 3 is 2.85 bits per heavy atom. The van der Waals surface area contributed by atoms with Crippen molar-refractivity contribution in [3.05, 3.63) is 16.6 Å². The Kier molecular flexibility index (Phi) is 6.00. The molecule has 20 heavy (non-hydrogen) atoms. The van der Waals surface area contributed by atoms with Crippen molar-refractivity contribution in [3.63, 3.8) is 0 Å². The Balaban J connectivity index is 1.94. The second-order valence-corrected chi connectivity index (χ2v) is 7.45. The van der Waals surface area contributed by atoms with Crippen molar-refractivity contribution in [2.75, 3.05) is 19.6 Å². The molecule has 3 nitrogen and oxygen atoms in total. The molecule has 1 aromatic heterocycles. The lowest BCUT2D eigenvalue weighted by atomic mass is 9.98. The molecule has 1 aliphatic heterocycles. The van der Waals surface area contributed by atoms with Crippen LogP contribution >= 0.6 is 11.3 Å². The number of nitrogens with one attached hydrogen (secondary N) is 1. The van der Waals surface area contributed by atoms with E-state index in [0.29, 0.717) is 18.0 Å². The summed E-state index contributed by atoms with van der Waals surface area (Å²) in [7, 11) is 0. The van der Waals surface area contributed by atoms with Gasteiger partial charge in [0.15, 0.2) is 0 Å². The third kappa shape index (κ3) is 4.27. The van der Waals surface area contributed by atoms with Crippen LogP contribution in [0.1, 0.15) is 51.5 Å². The molecule has 1 fully saturated rings. The fraction of sp³-hybridized carbons (Fsp3) is 0.812. The largest absolute Gasteiger partial charge is 0.311 e. The highest BCUT2D eigenvalue weighted by molar-refractivity contribution is 7.09. The third-order valence-corrected chi connectivity index (χ3v) is 5.23. The van der Waals surface area contributed by atoms with Gasteiger partial charge in [-0.3, -0.25) is 4.90 Å². The van der Waals surface area contributed by atoms with Crippen LogP contribution in [0.3, 0.4) is 0 Å². The van der Waals surface area contributed by atoms with Crippen molar-refractivity contribution in [1.29, 1.82) is 0 Å². The van der Waals surface area contributed by atoms with Crippen LogP contribution in [0.15, 0.2) is 11.6 Å². The van der Waals surface area contributed by atoms with E-state index in [1.54, 1.807) is 11.3 Å². The van der Waals surface area contributed by atoms with Crippen LogP contribution in [0, 0.1) is 5.92 Å².